The van der Waals surface area contributed by atoms with Gasteiger partial charge in [-0.25, -0.2) is 9.38 Å². The molecule has 0 spiro atoms. The van der Waals surface area contributed by atoms with Crippen LogP contribution >= 0.6 is 0 Å². The van der Waals surface area contributed by atoms with E-state index in [1.807, 2.05) is 66.9 Å². The van der Waals surface area contributed by atoms with Crippen LogP contribution in [0.2, 0.25) is 0 Å². The van der Waals surface area contributed by atoms with Gasteiger partial charge in [0.05, 0.1) is 13.1 Å². The number of aromatic nitrogens is 3. The van der Waals surface area contributed by atoms with Crippen LogP contribution in [-0.2, 0) is 26.7 Å². The molecule has 0 aliphatic heterocycles. The van der Waals surface area contributed by atoms with E-state index < -0.39 is 0 Å². The van der Waals surface area contributed by atoms with E-state index in [1.165, 1.54) is 12.1 Å². The van der Waals surface area contributed by atoms with E-state index in [0.29, 0.717) is 25.6 Å². The van der Waals surface area contributed by atoms with Crippen molar-refractivity contribution in [3.05, 3.63) is 83.2 Å². The maximum Gasteiger partial charge on any atom is 0.194 e. The SMILES string of the molecule is Cc1nnc(CNC(=NCc2ccccc2)N(C)Cc2cccc(F)c2)n1C. The molecule has 0 amide bonds. The average molecular weight is 380 g/mol. The molecule has 1 aromatic heterocycles. The minimum Gasteiger partial charge on any atom is -0.349 e. The third-order valence-electron chi connectivity index (χ3n) is 4.51. The van der Waals surface area contributed by atoms with Gasteiger partial charge in [0.15, 0.2) is 11.8 Å². The van der Waals surface area contributed by atoms with Crippen molar-refractivity contribution >= 4 is 5.96 Å². The van der Waals surface area contributed by atoms with Crippen LogP contribution in [-0.4, -0.2) is 32.7 Å². The molecule has 3 aromatic rings. The first-order chi connectivity index (χ1) is 13.5. The van der Waals surface area contributed by atoms with Crippen LogP contribution in [0.25, 0.3) is 0 Å². The van der Waals surface area contributed by atoms with Crippen LogP contribution in [0.1, 0.15) is 22.8 Å². The first kappa shape index (κ1) is 19.5. The minimum atomic E-state index is -0.240. The van der Waals surface area contributed by atoms with Gasteiger partial charge in [-0.05, 0) is 30.2 Å². The normalized spacial score (nSPS) is 11.5. The quantitative estimate of drug-likeness (QED) is 0.528. The van der Waals surface area contributed by atoms with Crippen LogP contribution in [0, 0.1) is 12.7 Å². The minimum absolute atomic E-state index is 0.240. The zero-order valence-corrected chi connectivity index (χ0v) is 16.4. The summed E-state index contributed by atoms with van der Waals surface area (Å²) in [6.45, 7) is 3.50. The number of halogens is 1. The van der Waals surface area contributed by atoms with E-state index >= 15 is 0 Å². The van der Waals surface area contributed by atoms with Gasteiger partial charge in [-0.3, -0.25) is 0 Å². The third-order valence-corrected chi connectivity index (χ3v) is 4.51. The highest BCUT2D eigenvalue weighted by molar-refractivity contribution is 5.79. The summed E-state index contributed by atoms with van der Waals surface area (Å²) in [6, 6.07) is 16.7. The number of benzene rings is 2. The van der Waals surface area contributed by atoms with Gasteiger partial charge in [0, 0.05) is 20.6 Å². The molecule has 1 heterocycles. The summed E-state index contributed by atoms with van der Waals surface area (Å²) in [7, 11) is 3.87. The summed E-state index contributed by atoms with van der Waals surface area (Å²) in [5.74, 6) is 2.15. The van der Waals surface area contributed by atoms with Gasteiger partial charge in [0.25, 0.3) is 0 Å². The van der Waals surface area contributed by atoms with Crippen LogP contribution < -0.4 is 5.32 Å². The largest absolute Gasteiger partial charge is 0.349 e. The van der Waals surface area contributed by atoms with E-state index in [0.717, 1.165) is 22.8 Å². The Morgan fingerprint density at radius 2 is 1.86 bits per heavy atom. The first-order valence-electron chi connectivity index (χ1n) is 9.15. The van der Waals surface area contributed by atoms with Crippen molar-refractivity contribution < 1.29 is 4.39 Å². The Morgan fingerprint density at radius 1 is 1.11 bits per heavy atom. The van der Waals surface area contributed by atoms with Gasteiger partial charge in [-0.1, -0.05) is 42.5 Å². The second-order valence-corrected chi connectivity index (χ2v) is 6.69. The highest BCUT2D eigenvalue weighted by atomic mass is 19.1. The zero-order valence-electron chi connectivity index (χ0n) is 16.4. The van der Waals surface area contributed by atoms with Crippen molar-refractivity contribution in [3.8, 4) is 0 Å². The monoisotopic (exact) mass is 380 g/mol. The van der Waals surface area contributed by atoms with E-state index in [1.54, 1.807) is 6.07 Å². The molecule has 28 heavy (non-hydrogen) atoms. The van der Waals surface area contributed by atoms with Crippen molar-refractivity contribution in [3.63, 3.8) is 0 Å². The van der Waals surface area contributed by atoms with E-state index in [-0.39, 0.29) is 5.82 Å². The predicted octanol–water partition coefficient (Wildman–Crippen LogP) is 3.04. The number of nitrogens with zero attached hydrogens (tertiary/aromatic N) is 5. The topological polar surface area (TPSA) is 58.3 Å². The second-order valence-electron chi connectivity index (χ2n) is 6.69. The lowest BCUT2D eigenvalue weighted by Gasteiger charge is -2.22. The Morgan fingerprint density at radius 3 is 2.54 bits per heavy atom. The molecule has 3 rings (SSSR count). The molecule has 0 bridgehead atoms. The maximum atomic E-state index is 13.5. The van der Waals surface area contributed by atoms with Gasteiger partial charge in [0.1, 0.15) is 11.6 Å². The Labute approximate surface area is 164 Å². The van der Waals surface area contributed by atoms with Crippen molar-refractivity contribution in [2.24, 2.45) is 12.0 Å². The fourth-order valence-electron chi connectivity index (χ4n) is 2.81. The molecule has 0 atom stereocenters. The fraction of sp³-hybridized carbons (Fsp3) is 0.286. The van der Waals surface area contributed by atoms with Gasteiger partial charge in [-0.2, -0.15) is 0 Å². The van der Waals surface area contributed by atoms with Gasteiger partial charge in [-0.15, -0.1) is 10.2 Å². The molecule has 0 aliphatic rings. The number of nitrogens with one attached hydrogen (secondary N) is 1. The second kappa shape index (κ2) is 9.12. The maximum absolute atomic E-state index is 13.5. The van der Waals surface area contributed by atoms with Gasteiger partial charge in [0.2, 0.25) is 0 Å². The lowest BCUT2D eigenvalue weighted by atomic mass is 10.2. The summed E-state index contributed by atoms with van der Waals surface area (Å²) in [5, 5.41) is 11.6. The molecule has 0 radical (unpaired) electrons. The number of rotatable bonds is 6. The molecule has 7 heteroatoms. The van der Waals surface area contributed by atoms with Crippen LogP contribution in [0.4, 0.5) is 4.39 Å². The Kier molecular flexibility index (Phi) is 6.37. The molecular formula is C21H25FN6. The number of aliphatic imine (C=N–C) groups is 1. The Balaban J connectivity index is 1.75. The molecule has 0 fully saturated rings. The van der Waals surface area contributed by atoms with Crippen molar-refractivity contribution in [2.75, 3.05) is 7.05 Å². The summed E-state index contributed by atoms with van der Waals surface area (Å²) in [6.07, 6.45) is 0. The Bertz CT molecular complexity index is 935. The highest BCUT2D eigenvalue weighted by Gasteiger charge is 2.11. The number of aryl methyl sites for hydroxylation is 1. The van der Waals surface area contributed by atoms with Crippen molar-refractivity contribution in [2.45, 2.75) is 26.6 Å². The zero-order chi connectivity index (χ0) is 19.9. The molecule has 6 nitrogen and oxygen atoms in total. The molecule has 2 aromatic carbocycles. The van der Waals surface area contributed by atoms with E-state index in [9.17, 15) is 4.39 Å². The van der Waals surface area contributed by atoms with Crippen molar-refractivity contribution in [1.82, 2.24) is 25.0 Å². The third kappa shape index (κ3) is 5.16. The summed E-state index contributed by atoms with van der Waals surface area (Å²) >= 11 is 0. The molecule has 0 saturated carbocycles. The van der Waals surface area contributed by atoms with Crippen LogP contribution in [0.5, 0.6) is 0 Å². The highest BCUT2D eigenvalue weighted by Crippen LogP contribution is 2.08. The molecule has 0 unspecified atom stereocenters. The van der Waals surface area contributed by atoms with Gasteiger partial charge < -0.3 is 14.8 Å². The average Bonchev–Trinajstić information content (AvgIpc) is 3.01. The lowest BCUT2D eigenvalue weighted by Crippen LogP contribution is -2.38. The van der Waals surface area contributed by atoms with Crippen LogP contribution in [0.3, 0.4) is 0 Å². The number of guanidine groups is 1. The molecule has 0 aliphatic carbocycles. The lowest BCUT2D eigenvalue weighted by molar-refractivity contribution is 0.470. The molecule has 146 valence electrons. The van der Waals surface area contributed by atoms with Gasteiger partial charge >= 0.3 is 0 Å². The molecule has 1 N–H and O–H groups in total. The summed E-state index contributed by atoms with van der Waals surface area (Å²) in [5.41, 5.74) is 2.00. The smallest absolute Gasteiger partial charge is 0.194 e. The Hall–Kier alpha value is -3.22. The van der Waals surface area contributed by atoms with Crippen molar-refractivity contribution in [1.29, 1.82) is 0 Å². The molecule has 0 saturated heterocycles. The standard InChI is InChI=1S/C21H25FN6/c1-16-25-26-20(28(16)3)14-24-21(23-13-17-8-5-4-6-9-17)27(2)15-18-10-7-11-19(22)12-18/h4-12H,13-15H2,1-3H3,(H,23,24). The summed E-state index contributed by atoms with van der Waals surface area (Å²) < 4.78 is 15.5. The number of hydrogen-bond acceptors (Lipinski definition) is 3. The van der Waals surface area contributed by atoms with E-state index in [4.69, 9.17) is 4.99 Å². The summed E-state index contributed by atoms with van der Waals surface area (Å²) in [4.78, 5) is 6.72. The van der Waals surface area contributed by atoms with Crippen LogP contribution in [0.15, 0.2) is 59.6 Å². The molecular weight excluding hydrogens is 355 g/mol. The first-order valence-corrected chi connectivity index (χ1v) is 9.15. The predicted molar refractivity (Wildman–Crippen MR) is 108 cm³/mol. The van der Waals surface area contributed by atoms with E-state index in [2.05, 4.69) is 15.5 Å². The fourth-order valence-corrected chi connectivity index (χ4v) is 2.81. The number of hydrogen-bond donors (Lipinski definition) is 1.